The van der Waals surface area contributed by atoms with Crippen molar-refractivity contribution in [3.05, 3.63) is 11.2 Å². The van der Waals surface area contributed by atoms with E-state index in [4.69, 9.17) is 0 Å². The summed E-state index contributed by atoms with van der Waals surface area (Å²) in [5, 5.41) is 13.1. The summed E-state index contributed by atoms with van der Waals surface area (Å²) in [6.07, 6.45) is 3.08. The van der Waals surface area contributed by atoms with E-state index in [0.717, 1.165) is 6.29 Å². The van der Waals surface area contributed by atoms with Crippen LogP contribution in [-0.4, -0.2) is 28.2 Å². The molecular formula is C7H14NO3PS. The Morgan fingerprint density at radius 3 is 2.85 bits per heavy atom. The molecule has 0 amide bonds. The molecule has 6 heteroatoms. The van der Waals surface area contributed by atoms with Crippen LogP contribution in [-0.2, 0) is 16.0 Å². The molecule has 0 fully saturated rings. The van der Waals surface area contributed by atoms with Gasteiger partial charge in [-0.3, -0.25) is 5.09 Å². The van der Waals surface area contributed by atoms with E-state index < -0.39 is 11.2 Å². The summed E-state index contributed by atoms with van der Waals surface area (Å²) in [7, 11) is 2.24. The number of nitrogens with one attached hydrogen (secondary N) is 1. The number of aliphatic hydroxyl groups excluding tert-OH is 1. The normalized spacial score (nSPS) is 16.7. The van der Waals surface area contributed by atoms with Crippen LogP contribution in [0.5, 0.6) is 0 Å². The summed E-state index contributed by atoms with van der Waals surface area (Å²) in [5.41, 5.74) is 0. The molecule has 0 aliphatic carbocycles. The Hall–Kier alpha value is -0.0900. The van der Waals surface area contributed by atoms with Gasteiger partial charge in [0.05, 0.1) is 12.3 Å². The highest BCUT2D eigenvalue weighted by molar-refractivity contribution is 7.93. The molecule has 0 aromatic heterocycles. The van der Waals surface area contributed by atoms with Gasteiger partial charge in [-0.2, -0.15) is 0 Å². The lowest BCUT2D eigenvalue weighted by molar-refractivity contribution is -0.109. The van der Waals surface area contributed by atoms with Gasteiger partial charge in [-0.05, 0) is 17.6 Å². The van der Waals surface area contributed by atoms with E-state index in [2.05, 4.69) is 14.5 Å². The van der Waals surface area contributed by atoms with E-state index in [0.29, 0.717) is 12.8 Å². The lowest BCUT2D eigenvalue weighted by Gasteiger charge is -2.07. The minimum Gasteiger partial charge on any atom is -0.612 e. The zero-order valence-corrected chi connectivity index (χ0v) is 9.37. The predicted octanol–water partition coefficient (Wildman–Crippen LogP) is 0.492. The first-order valence-electron chi connectivity index (χ1n) is 3.73. The molecule has 76 valence electrons. The zero-order chi connectivity index (χ0) is 10.3. The molecule has 0 heterocycles. The molecule has 0 radical (unpaired) electrons. The van der Waals surface area contributed by atoms with Crippen molar-refractivity contribution < 1.29 is 14.5 Å². The molecule has 0 spiro atoms. The summed E-state index contributed by atoms with van der Waals surface area (Å²) >= 11 is -1.14. The molecule has 2 N–H and O–H groups in total. The SMILES string of the molecule is C[S+]([O-])/C=C(\O)CC[C@@H](C=O)NP. The lowest BCUT2D eigenvalue weighted by atomic mass is 10.2. The lowest BCUT2D eigenvalue weighted by Crippen LogP contribution is -2.21. The van der Waals surface area contributed by atoms with Gasteiger partial charge in [0.1, 0.15) is 12.0 Å². The highest BCUT2D eigenvalue weighted by atomic mass is 32.2. The zero-order valence-electron chi connectivity index (χ0n) is 7.40. The third-order valence-electron chi connectivity index (χ3n) is 1.39. The molecule has 13 heavy (non-hydrogen) atoms. The first-order chi connectivity index (χ1) is 6.10. The smallest absolute Gasteiger partial charge is 0.154 e. The molecule has 0 saturated heterocycles. The molecule has 0 aromatic rings. The van der Waals surface area contributed by atoms with E-state index in [1.54, 1.807) is 0 Å². The number of carbonyl (C=O) groups is 1. The third kappa shape index (κ3) is 7.02. The first-order valence-corrected chi connectivity index (χ1v) is 5.93. The van der Waals surface area contributed by atoms with Crippen molar-refractivity contribution in [2.24, 2.45) is 0 Å². The van der Waals surface area contributed by atoms with Crippen molar-refractivity contribution in [3.8, 4) is 0 Å². The van der Waals surface area contributed by atoms with E-state index in [1.165, 1.54) is 11.7 Å². The van der Waals surface area contributed by atoms with Crippen molar-refractivity contribution in [1.29, 1.82) is 0 Å². The second-order valence-electron chi connectivity index (χ2n) is 2.56. The Labute approximate surface area is 83.2 Å². The standard InChI is InChI=1S/C7H14NO3PS/c1-13(11)5-7(10)3-2-6(4-9)8-12/h4-6,8,10H,2-3,12H2,1H3/b7-5-/t6-,13?/m0/s1. The van der Waals surface area contributed by atoms with Gasteiger partial charge in [0, 0.05) is 6.42 Å². The molecular weight excluding hydrogens is 209 g/mol. The summed E-state index contributed by atoms with van der Waals surface area (Å²) in [4.78, 5) is 10.3. The first kappa shape index (κ1) is 12.9. The molecule has 0 aliphatic rings. The number of aliphatic hydroxyl groups is 1. The molecule has 0 rings (SSSR count). The second-order valence-corrected chi connectivity index (χ2v) is 4.12. The van der Waals surface area contributed by atoms with Gasteiger partial charge in [0.15, 0.2) is 5.41 Å². The number of rotatable bonds is 6. The van der Waals surface area contributed by atoms with Gasteiger partial charge in [0.25, 0.3) is 0 Å². The molecule has 4 nitrogen and oxygen atoms in total. The molecule has 2 unspecified atom stereocenters. The molecule has 3 atom stereocenters. The largest absolute Gasteiger partial charge is 0.612 e. The molecule has 0 bridgehead atoms. The van der Waals surface area contributed by atoms with Crippen molar-refractivity contribution in [3.63, 3.8) is 0 Å². The van der Waals surface area contributed by atoms with Crippen LogP contribution in [0.25, 0.3) is 0 Å². The van der Waals surface area contributed by atoms with Crippen LogP contribution in [0.4, 0.5) is 0 Å². The van der Waals surface area contributed by atoms with Crippen LogP contribution in [0.3, 0.4) is 0 Å². The maximum atomic E-state index is 10.6. The maximum Gasteiger partial charge on any atom is 0.154 e. The monoisotopic (exact) mass is 223 g/mol. The minimum atomic E-state index is -1.14. The van der Waals surface area contributed by atoms with Gasteiger partial charge >= 0.3 is 0 Å². The highest BCUT2D eigenvalue weighted by Crippen LogP contribution is 2.06. The average molecular weight is 223 g/mol. The summed E-state index contributed by atoms with van der Waals surface area (Å²) in [5.74, 6) is 0.0629. The quantitative estimate of drug-likeness (QED) is 0.297. The van der Waals surface area contributed by atoms with Crippen LogP contribution >= 0.6 is 9.39 Å². The van der Waals surface area contributed by atoms with Crippen molar-refractivity contribution in [2.75, 3.05) is 6.26 Å². The summed E-state index contributed by atoms with van der Waals surface area (Å²) in [6.45, 7) is 0. The topological polar surface area (TPSA) is 72.4 Å². The predicted molar refractivity (Wildman–Crippen MR) is 56.7 cm³/mol. The van der Waals surface area contributed by atoms with Crippen molar-refractivity contribution in [1.82, 2.24) is 5.09 Å². The number of hydrogen-bond acceptors (Lipinski definition) is 4. The second kappa shape index (κ2) is 7.33. The molecule has 0 saturated carbocycles. The number of carbonyl (C=O) groups excluding carboxylic acids is 1. The van der Waals surface area contributed by atoms with Gasteiger partial charge in [-0.15, -0.1) is 0 Å². The van der Waals surface area contributed by atoms with E-state index >= 15 is 0 Å². The van der Waals surface area contributed by atoms with Crippen molar-refractivity contribution >= 4 is 26.9 Å². The fourth-order valence-corrected chi connectivity index (χ4v) is 1.49. The Morgan fingerprint density at radius 1 is 1.85 bits per heavy atom. The number of hydrogen-bond donors (Lipinski definition) is 2. The highest BCUT2D eigenvalue weighted by Gasteiger charge is 2.06. The van der Waals surface area contributed by atoms with Crippen molar-refractivity contribution in [2.45, 2.75) is 18.9 Å². The Balaban J connectivity index is 3.80. The van der Waals surface area contributed by atoms with Gasteiger partial charge in [-0.1, -0.05) is 9.39 Å². The van der Waals surface area contributed by atoms with Crippen LogP contribution < -0.4 is 5.09 Å². The van der Waals surface area contributed by atoms with Crippen LogP contribution in [0, 0.1) is 0 Å². The fraction of sp³-hybridized carbons (Fsp3) is 0.571. The Bertz CT molecular complexity index is 187. The van der Waals surface area contributed by atoms with E-state index in [1.807, 2.05) is 0 Å². The minimum absolute atomic E-state index is 0.0629. The van der Waals surface area contributed by atoms with E-state index in [-0.39, 0.29) is 11.8 Å². The molecule has 0 aliphatic heterocycles. The summed E-state index contributed by atoms with van der Waals surface area (Å²) in [6, 6.07) is -0.286. The van der Waals surface area contributed by atoms with Gasteiger partial charge < -0.3 is 14.5 Å². The Morgan fingerprint density at radius 2 is 2.46 bits per heavy atom. The third-order valence-corrected chi connectivity index (χ3v) is 2.42. The summed E-state index contributed by atoms with van der Waals surface area (Å²) < 4.78 is 10.6. The van der Waals surface area contributed by atoms with Crippen LogP contribution in [0.2, 0.25) is 0 Å². The Kier molecular flexibility index (Phi) is 7.28. The molecule has 0 aromatic carbocycles. The van der Waals surface area contributed by atoms with Gasteiger partial charge in [-0.25, -0.2) is 0 Å². The van der Waals surface area contributed by atoms with Crippen LogP contribution in [0.1, 0.15) is 12.8 Å². The average Bonchev–Trinajstić information content (AvgIpc) is 2.05. The maximum absolute atomic E-state index is 10.6. The van der Waals surface area contributed by atoms with E-state index in [9.17, 15) is 14.5 Å². The van der Waals surface area contributed by atoms with Crippen LogP contribution in [0.15, 0.2) is 11.2 Å². The fourth-order valence-electron chi connectivity index (χ4n) is 0.745. The number of allylic oxidation sites excluding steroid dienone is 1. The van der Waals surface area contributed by atoms with Gasteiger partial charge in [0.2, 0.25) is 0 Å². The number of aldehydes is 1.